The number of carbonyl (C=O) groups is 2. The molecular weight excluding hydrogens is 292 g/mol. The predicted octanol–water partition coefficient (Wildman–Crippen LogP) is 3.95. The molecule has 0 bridgehead atoms. The van der Waals surface area contributed by atoms with Crippen LogP contribution in [0.4, 0.5) is 0 Å². The molecule has 128 valence electrons. The summed E-state index contributed by atoms with van der Waals surface area (Å²) in [6.45, 7) is 5.85. The van der Waals surface area contributed by atoms with E-state index in [9.17, 15) is 9.59 Å². The van der Waals surface area contributed by atoms with Crippen LogP contribution in [-0.2, 0) is 19.1 Å². The molecule has 4 heteroatoms. The van der Waals surface area contributed by atoms with E-state index >= 15 is 0 Å². The Labute approximate surface area is 139 Å². The zero-order chi connectivity index (χ0) is 17.5. The van der Waals surface area contributed by atoms with E-state index in [1.807, 2.05) is 32.0 Å². The van der Waals surface area contributed by atoms with E-state index in [4.69, 9.17) is 9.47 Å². The van der Waals surface area contributed by atoms with E-state index in [-0.39, 0.29) is 23.8 Å². The van der Waals surface area contributed by atoms with Gasteiger partial charge in [-0.15, -0.1) is 0 Å². The van der Waals surface area contributed by atoms with Crippen LogP contribution in [0.3, 0.4) is 0 Å². The van der Waals surface area contributed by atoms with Crippen molar-refractivity contribution in [1.82, 2.24) is 0 Å². The molecule has 0 N–H and O–H groups in total. The van der Waals surface area contributed by atoms with Gasteiger partial charge in [-0.1, -0.05) is 44.2 Å². The maximum Gasteiger partial charge on any atom is 0.311 e. The highest BCUT2D eigenvalue weighted by molar-refractivity contribution is 5.76. The fraction of sp³-hybridized carbons (Fsp3) is 0.579. The Morgan fingerprint density at radius 3 is 2.22 bits per heavy atom. The highest BCUT2D eigenvalue weighted by atomic mass is 16.5. The van der Waals surface area contributed by atoms with Gasteiger partial charge < -0.3 is 9.47 Å². The third-order valence-electron chi connectivity index (χ3n) is 4.54. The maximum absolute atomic E-state index is 12.3. The summed E-state index contributed by atoms with van der Waals surface area (Å²) < 4.78 is 9.78. The van der Waals surface area contributed by atoms with Crippen molar-refractivity contribution < 1.29 is 19.1 Å². The number of carbonyl (C=O) groups excluding carboxylic acids is 2. The molecule has 1 aromatic rings. The monoisotopic (exact) mass is 320 g/mol. The summed E-state index contributed by atoms with van der Waals surface area (Å²) in [6.07, 6.45) is 1.87. The summed E-state index contributed by atoms with van der Waals surface area (Å²) in [6, 6.07) is 10.1. The van der Waals surface area contributed by atoms with Crippen LogP contribution in [-0.4, -0.2) is 26.2 Å². The van der Waals surface area contributed by atoms with Crippen molar-refractivity contribution in [2.24, 2.45) is 11.3 Å². The first-order chi connectivity index (χ1) is 10.8. The second-order valence-corrected chi connectivity index (χ2v) is 6.53. The molecule has 0 radical (unpaired) electrons. The first kappa shape index (κ1) is 19.2. The molecular formula is C19H28O4. The van der Waals surface area contributed by atoms with E-state index in [0.29, 0.717) is 19.3 Å². The van der Waals surface area contributed by atoms with Gasteiger partial charge in [0.2, 0.25) is 0 Å². The Hall–Kier alpha value is -1.84. The van der Waals surface area contributed by atoms with Gasteiger partial charge >= 0.3 is 11.9 Å². The van der Waals surface area contributed by atoms with E-state index in [1.54, 1.807) is 0 Å². The molecule has 0 aliphatic carbocycles. The van der Waals surface area contributed by atoms with Crippen molar-refractivity contribution in [3.63, 3.8) is 0 Å². The summed E-state index contributed by atoms with van der Waals surface area (Å²) in [7, 11) is 2.80. The van der Waals surface area contributed by atoms with Crippen LogP contribution < -0.4 is 0 Å². The molecule has 0 aromatic heterocycles. The molecule has 1 rings (SSSR count). The van der Waals surface area contributed by atoms with Crippen molar-refractivity contribution in [2.45, 2.75) is 46.0 Å². The standard InChI is InChI=1S/C19H28O4/c1-14(17(20)22-4)11-12-19(3,18(21)23-5)13-15(2)16-9-7-6-8-10-16/h6-10,14-15H,11-13H2,1-5H3. The molecule has 0 fully saturated rings. The summed E-state index contributed by atoms with van der Waals surface area (Å²) in [4.78, 5) is 23.9. The molecule has 0 heterocycles. The normalized spacial score (nSPS) is 16.0. The predicted molar refractivity (Wildman–Crippen MR) is 90.0 cm³/mol. The topological polar surface area (TPSA) is 52.6 Å². The van der Waals surface area contributed by atoms with Gasteiger partial charge in [0.15, 0.2) is 0 Å². The van der Waals surface area contributed by atoms with Gasteiger partial charge in [0.1, 0.15) is 0 Å². The van der Waals surface area contributed by atoms with Gasteiger partial charge in [-0.3, -0.25) is 9.59 Å². The highest BCUT2D eigenvalue weighted by Crippen LogP contribution is 2.37. The van der Waals surface area contributed by atoms with E-state index in [0.717, 1.165) is 0 Å². The zero-order valence-corrected chi connectivity index (χ0v) is 14.8. The molecule has 23 heavy (non-hydrogen) atoms. The quantitative estimate of drug-likeness (QED) is 0.681. The number of methoxy groups -OCH3 is 2. The van der Waals surface area contributed by atoms with Crippen LogP contribution in [0.25, 0.3) is 0 Å². The Balaban J connectivity index is 2.82. The van der Waals surface area contributed by atoms with E-state index < -0.39 is 5.41 Å². The number of rotatable bonds is 8. The second-order valence-electron chi connectivity index (χ2n) is 6.53. The second kappa shape index (κ2) is 8.70. The van der Waals surface area contributed by atoms with Gasteiger partial charge in [0, 0.05) is 0 Å². The fourth-order valence-corrected chi connectivity index (χ4v) is 2.96. The minimum Gasteiger partial charge on any atom is -0.469 e. The third-order valence-corrected chi connectivity index (χ3v) is 4.54. The van der Waals surface area contributed by atoms with Crippen molar-refractivity contribution in [3.8, 4) is 0 Å². The van der Waals surface area contributed by atoms with Gasteiger partial charge in [-0.25, -0.2) is 0 Å². The highest BCUT2D eigenvalue weighted by Gasteiger charge is 2.36. The summed E-state index contributed by atoms with van der Waals surface area (Å²) >= 11 is 0. The lowest BCUT2D eigenvalue weighted by atomic mass is 9.75. The Morgan fingerprint density at radius 1 is 1.09 bits per heavy atom. The minimum atomic E-state index is -0.619. The number of hydrogen-bond donors (Lipinski definition) is 0. The maximum atomic E-state index is 12.3. The average molecular weight is 320 g/mol. The third kappa shape index (κ3) is 5.38. The molecule has 0 spiro atoms. The zero-order valence-electron chi connectivity index (χ0n) is 14.8. The Kier molecular flexibility index (Phi) is 7.27. The number of benzene rings is 1. The Bertz CT molecular complexity index is 511. The van der Waals surface area contributed by atoms with Gasteiger partial charge in [-0.2, -0.15) is 0 Å². The van der Waals surface area contributed by atoms with Crippen LogP contribution in [0.2, 0.25) is 0 Å². The van der Waals surface area contributed by atoms with Crippen molar-refractivity contribution >= 4 is 11.9 Å². The van der Waals surface area contributed by atoms with Crippen molar-refractivity contribution in [1.29, 1.82) is 0 Å². The first-order valence-corrected chi connectivity index (χ1v) is 8.05. The van der Waals surface area contributed by atoms with Crippen molar-refractivity contribution in [3.05, 3.63) is 35.9 Å². The van der Waals surface area contributed by atoms with E-state index in [2.05, 4.69) is 19.1 Å². The average Bonchev–Trinajstić information content (AvgIpc) is 2.58. The fourth-order valence-electron chi connectivity index (χ4n) is 2.96. The van der Waals surface area contributed by atoms with Gasteiger partial charge in [0.25, 0.3) is 0 Å². The van der Waals surface area contributed by atoms with Crippen LogP contribution in [0.1, 0.15) is 51.5 Å². The van der Waals surface area contributed by atoms with Crippen molar-refractivity contribution in [2.75, 3.05) is 14.2 Å². The summed E-state index contributed by atoms with van der Waals surface area (Å²) in [5.41, 5.74) is 0.579. The van der Waals surface area contributed by atoms with Crippen LogP contribution >= 0.6 is 0 Å². The molecule has 0 aliphatic heterocycles. The van der Waals surface area contributed by atoms with Crippen LogP contribution in [0.15, 0.2) is 30.3 Å². The van der Waals surface area contributed by atoms with Crippen LogP contribution in [0.5, 0.6) is 0 Å². The van der Waals surface area contributed by atoms with E-state index in [1.165, 1.54) is 19.8 Å². The van der Waals surface area contributed by atoms with Gasteiger partial charge in [-0.05, 0) is 37.7 Å². The first-order valence-electron chi connectivity index (χ1n) is 8.05. The smallest absolute Gasteiger partial charge is 0.311 e. The molecule has 4 nitrogen and oxygen atoms in total. The molecule has 0 aliphatic rings. The molecule has 0 saturated carbocycles. The number of hydrogen-bond acceptors (Lipinski definition) is 4. The molecule has 1 aromatic carbocycles. The number of ether oxygens (including phenoxy) is 2. The SMILES string of the molecule is COC(=O)C(C)CCC(C)(CC(C)c1ccccc1)C(=O)OC. The molecule has 3 unspecified atom stereocenters. The summed E-state index contributed by atoms with van der Waals surface area (Å²) in [5.74, 6) is -0.463. The lowest BCUT2D eigenvalue weighted by molar-refractivity contribution is -0.154. The largest absolute Gasteiger partial charge is 0.469 e. The molecule has 3 atom stereocenters. The molecule has 0 saturated heterocycles. The minimum absolute atomic E-state index is 0.225. The summed E-state index contributed by atoms with van der Waals surface area (Å²) in [5, 5.41) is 0. The van der Waals surface area contributed by atoms with Gasteiger partial charge in [0.05, 0.1) is 25.6 Å². The molecule has 0 amide bonds. The number of esters is 2. The Morgan fingerprint density at radius 2 is 1.70 bits per heavy atom. The lowest BCUT2D eigenvalue weighted by Gasteiger charge is -2.30. The lowest BCUT2D eigenvalue weighted by Crippen LogP contribution is -2.32. The van der Waals surface area contributed by atoms with Crippen LogP contribution in [0, 0.1) is 11.3 Å².